The molecule has 7 nitrogen and oxygen atoms in total. The molecule has 2 aromatic rings. The Kier molecular flexibility index (Phi) is 8.86. The second-order valence-electron chi connectivity index (χ2n) is 7.97. The minimum Gasteiger partial charge on any atom is -0.494 e. The molecular formula is C23H34N4O3. The second kappa shape index (κ2) is 11.8. The summed E-state index contributed by atoms with van der Waals surface area (Å²) >= 11 is 0. The Labute approximate surface area is 179 Å². The summed E-state index contributed by atoms with van der Waals surface area (Å²) in [6, 6.07) is 8.49. The molecule has 3 heterocycles. The first-order valence-corrected chi connectivity index (χ1v) is 10.9. The lowest BCUT2D eigenvalue weighted by Crippen LogP contribution is -2.32. The Morgan fingerprint density at radius 2 is 1.97 bits per heavy atom. The smallest absolute Gasteiger partial charge is 0.153 e. The lowest BCUT2D eigenvalue weighted by Gasteiger charge is -2.21. The molecule has 0 amide bonds. The van der Waals surface area contributed by atoms with Crippen LogP contribution >= 0.6 is 0 Å². The Morgan fingerprint density at radius 1 is 1.20 bits per heavy atom. The second-order valence-corrected chi connectivity index (χ2v) is 7.97. The molecule has 0 N–H and O–H groups in total. The van der Waals surface area contributed by atoms with Crippen molar-refractivity contribution in [2.24, 2.45) is 0 Å². The summed E-state index contributed by atoms with van der Waals surface area (Å²) in [4.78, 5) is 15.5. The van der Waals surface area contributed by atoms with Gasteiger partial charge < -0.3 is 19.3 Å². The fourth-order valence-corrected chi connectivity index (χ4v) is 3.67. The van der Waals surface area contributed by atoms with E-state index in [1.807, 2.05) is 24.3 Å². The van der Waals surface area contributed by atoms with Gasteiger partial charge in [-0.05, 0) is 64.0 Å². The van der Waals surface area contributed by atoms with Crippen LogP contribution in [0, 0.1) is 0 Å². The topological polar surface area (TPSA) is 59.8 Å². The third-order valence-electron chi connectivity index (χ3n) is 5.62. The molecular weight excluding hydrogens is 380 g/mol. The molecule has 7 heteroatoms. The quantitative estimate of drug-likeness (QED) is 0.513. The van der Waals surface area contributed by atoms with Gasteiger partial charge in [0.25, 0.3) is 0 Å². The van der Waals surface area contributed by atoms with Crippen molar-refractivity contribution in [3.05, 3.63) is 42.2 Å². The van der Waals surface area contributed by atoms with E-state index in [0.717, 1.165) is 69.6 Å². The summed E-state index contributed by atoms with van der Waals surface area (Å²) in [7, 11) is 2.11. The van der Waals surface area contributed by atoms with Crippen LogP contribution in [-0.4, -0.2) is 85.0 Å². The van der Waals surface area contributed by atoms with E-state index in [1.54, 1.807) is 17.1 Å². The summed E-state index contributed by atoms with van der Waals surface area (Å²) in [6.45, 7) is 9.40. The molecule has 4 rings (SSSR count). The van der Waals surface area contributed by atoms with Crippen LogP contribution in [0.5, 0.6) is 5.75 Å². The van der Waals surface area contributed by atoms with Crippen LogP contribution in [0.25, 0.3) is 5.69 Å². The van der Waals surface area contributed by atoms with Gasteiger partial charge in [0.1, 0.15) is 5.75 Å². The normalized spacial score (nSPS) is 19.9. The fourth-order valence-electron chi connectivity index (χ4n) is 3.67. The number of benzene rings is 1. The molecule has 2 aliphatic heterocycles. The van der Waals surface area contributed by atoms with Gasteiger partial charge in [0.15, 0.2) is 6.29 Å². The van der Waals surface area contributed by atoms with Gasteiger partial charge in [0.2, 0.25) is 0 Å². The molecule has 0 aliphatic carbocycles. The number of likely N-dealkylation sites (tertiary alicyclic amines) is 1. The minimum atomic E-state index is 0.571. The maximum absolute atomic E-state index is 10.7. The summed E-state index contributed by atoms with van der Waals surface area (Å²) in [5, 5.41) is 4.15. The summed E-state index contributed by atoms with van der Waals surface area (Å²) < 4.78 is 12.6. The molecule has 0 spiro atoms. The van der Waals surface area contributed by atoms with Gasteiger partial charge in [-0.25, -0.2) is 4.68 Å². The highest BCUT2D eigenvalue weighted by atomic mass is 16.5. The van der Waals surface area contributed by atoms with E-state index in [1.165, 1.54) is 19.4 Å². The molecule has 2 fully saturated rings. The van der Waals surface area contributed by atoms with Crippen LogP contribution in [0.1, 0.15) is 36.5 Å². The lowest BCUT2D eigenvalue weighted by molar-refractivity contribution is 0.0503. The van der Waals surface area contributed by atoms with Crippen molar-refractivity contribution in [1.82, 2.24) is 19.6 Å². The largest absolute Gasteiger partial charge is 0.494 e. The molecule has 0 radical (unpaired) electrons. The molecule has 0 bridgehead atoms. The highest BCUT2D eigenvalue weighted by Gasteiger charge is 2.19. The number of aldehydes is 1. The van der Waals surface area contributed by atoms with E-state index in [0.29, 0.717) is 5.56 Å². The van der Waals surface area contributed by atoms with Crippen molar-refractivity contribution in [3.8, 4) is 11.4 Å². The highest BCUT2D eigenvalue weighted by Crippen LogP contribution is 2.18. The first-order chi connectivity index (χ1) is 14.7. The highest BCUT2D eigenvalue weighted by molar-refractivity contribution is 5.73. The number of aromatic nitrogens is 2. The molecule has 2 saturated heterocycles. The molecule has 2 aliphatic rings. The predicted octanol–water partition coefficient (Wildman–Crippen LogP) is 2.89. The average Bonchev–Trinajstić information content (AvgIpc) is 3.42. The Bertz CT molecular complexity index is 756. The molecule has 164 valence electrons. The van der Waals surface area contributed by atoms with E-state index in [-0.39, 0.29) is 0 Å². The Balaban J connectivity index is 0.000000310. The number of rotatable bonds is 7. The number of hydrogen-bond acceptors (Lipinski definition) is 6. The van der Waals surface area contributed by atoms with Crippen LogP contribution < -0.4 is 4.74 Å². The van der Waals surface area contributed by atoms with E-state index < -0.39 is 0 Å². The number of hydrogen-bond donors (Lipinski definition) is 0. The fraction of sp³-hybridized carbons (Fsp3) is 0.565. The predicted molar refractivity (Wildman–Crippen MR) is 118 cm³/mol. The zero-order valence-corrected chi connectivity index (χ0v) is 18.2. The van der Waals surface area contributed by atoms with Crippen molar-refractivity contribution < 1.29 is 14.3 Å². The van der Waals surface area contributed by atoms with Gasteiger partial charge in [-0.2, -0.15) is 5.10 Å². The molecule has 30 heavy (non-hydrogen) atoms. The third kappa shape index (κ3) is 6.93. The molecule has 0 saturated carbocycles. The number of carbonyl (C=O) groups excluding carboxylic acids is 1. The van der Waals surface area contributed by atoms with Crippen LogP contribution in [0.4, 0.5) is 0 Å². The maximum atomic E-state index is 10.7. The van der Waals surface area contributed by atoms with Gasteiger partial charge in [0, 0.05) is 31.9 Å². The standard InChI is InChI=1S/C18H23N3O2.C5H11NO/c1-15-4-2-9-20(15)10-3-11-23-18-7-5-17(6-8-18)21-13-16(14-22)12-19-21;1-6-2-4-7-5-3-6/h5-8,12-15H,2-4,9-11H2,1H3;2-5H2,1H3. The van der Waals surface area contributed by atoms with Gasteiger partial charge in [0.05, 0.1) is 37.3 Å². The molecule has 1 atom stereocenters. The molecule has 1 unspecified atom stereocenters. The maximum Gasteiger partial charge on any atom is 0.153 e. The van der Waals surface area contributed by atoms with Crippen LogP contribution in [0.15, 0.2) is 36.7 Å². The third-order valence-corrected chi connectivity index (χ3v) is 5.62. The Morgan fingerprint density at radius 3 is 2.53 bits per heavy atom. The van der Waals surface area contributed by atoms with Crippen molar-refractivity contribution in [1.29, 1.82) is 0 Å². The van der Waals surface area contributed by atoms with Crippen molar-refractivity contribution in [2.45, 2.75) is 32.2 Å². The van der Waals surface area contributed by atoms with Crippen LogP contribution in [0.3, 0.4) is 0 Å². The van der Waals surface area contributed by atoms with Gasteiger partial charge in [-0.3, -0.25) is 4.79 Å². The van der Waals surface area contributed by atoms with E-state index in [4.69, 9.17) is 9.47 Å². The number of nitrogens with zero attached hydrogens (tertiary/aromatic N) is 4. The first kappa shape index (κ1) is 22.5. The van der Waals surface area contributed by atoms with Crippen LogP contribution in [0.2, 0.25) is 0 Å². The van der Waals surface area contributed by atoms with E-state index in [2.05, 4.69) is 28.9 Å². The zero-order chi connectivity index (χ0) is 21.2. The van der Waals surface area contributed by atoms with E-state index in [9.17, 15) is 4.79 Å². The first-order valence-electron chi connectivity index (χ1n) is 10.9. The number of likely N-dealkylation sites (N-methyl/N-ethyl adjacent to an activating group) is 1. The number of morpholine rings is 1. The molecule has 1 aromatic heterocycles. The summed E-state index contributed by atoms with van der Waals surface area (Å²) in [5.74, 6) is 0.867. The SMILES string of the molecule is CC1CCCN1CCCOc1ccc(-n2cc(C=O)cn2)cc1.CN1CCOCC1. The van der Waals surface area contributed by atoms with Gasteiger partial charge in [-0.15, -0.1) is 0 Å². The van der Waals surface area contributed by atoms with E-state index >= 15 is 0 Å². The van der Waals surface area contributed by atoms with Gasteiger partial charge in [-0.1, -0.05) is 0 Å². The number of carbonyl (C=O) groups is 1. The molecule has 1 aromatic carbocycles. The average molecular weight is 415 g/mol. The van der Waals surface area contributed by atoms with Crippen molar-refractivity contribution in [3.63, 3.8) is 0 Å². The summed E-state index contributed by atoms with van der Waals surface area (Å²) in [6.07, 6.45) is 7.75. The number of ether oxygens (including phenoxy) is 2. The Hall–Kier alpha value is -2.22. The van der Waals surface area contributed by atoms with Crippen LogP contribution in [-0.2, 0) is 4.74 Å². The minimum absolute atomic E-state index is 0.571. The van der Waals surface area contributed by atoms with Crippen molar-refractivity contribution in [2.75, 3.05) is 53.0 Å². The van der Waals surface area contributed by atoms with Crippen molar-refractivity contribution >= 4 is 6.29 Å². The van der Waals surface area contributed by atoms with Gasteiger partial charge >= 0.3 is 0 Å². The monoisotopic (exact) mass is 414 g/mol. The zero-order valence-electron chi connectivity index (χ0n) is 18.2. The summed E-state index contributed by atoms with van der Waals surface area (Å²) in [5.41, 5.74) is 1.48. The lowest BCUT2D eigenvalue weighted by atomic mass is 10.2.